The van der Waals surface area contributed by atoms with Crippen molar-refractivity contribution < 1.29 is 9.42 Å². The van der Waals surface area contributed by atoms with Crippen LogP contribution in [0.1, 0.15) is 46.6 Å². The zero-order valence-corrected chi connectivity index (χ0v) is 13.0. The summed E-state index contributed by atoms with van der Waals surface area (Å²) in [5.41, 5.74) is 1.30. The molecule has 0 saturated heterocycles. The minimum Gasteiger partial charge on any atom is -0.350 e. The van der Waals surface area contributed by atoms with Gasteiger partial charge in [0.05, 0.1) is 6.61 Å². The van der Waals surface area contributed by atoms with Gasteiger partial charge in [0, 0.05) is 5.16 Å². The highest BCUT2D eigenvalue weighted by Gasteiger charge is 2.34. The molecule has 0 aliphatic rings. The highest BCUT2D eigenvalue weighted by molar-refractivity contribution is 7.48. The van der Waals surface area contributed by atoms with Crippen LogP contribution in [0.5, 0.6) is 0 Å². The normalized spacial score (nSPS) is 14.6. The van der Waals surface area contributed by atoms with Crippen molar-refractivity contribution in [2.75, 3.05) is 0 Å². The van der Waals surface area contributed by atoms with Gasteiger partial charge >= 0.3 is 0 Å². The molecule has 0 aliphatic carbocycles. The van der Waals surface area contributed by atoms with Crippen LogP contribution in [0.2, 0.25) is 0 Å². The SMILES string of the molecule is CC(C)(C)CC(C)(C)P(O)OCc1ccccc1. The lowest BCUT2D eigenvalue weighted by Crippen LogP contribution is -2.25. The summed E-state index contributed by atoms with van der Waals surface area (Å²) in [6, 6.07) is 9.98. The van der Waals surface area contributed by atoms with E-state index < -0.39 is 8.38 Å². The van der Waals surface area contributed by atoms with E-state index in [0.717, 1.165) is 12.0 Å². The number of hydrogen-bond donors (Lipinski definition) is 1. The highest BCUT2D eigenvalue weighted by atomic mass is 31.2. The quantitative estimate of drug-likeness (QED) is 0.783. The van der Waals surface area contributed by atoms with Gasteiger partial charge in [0.2, 0.25) is 0 Å². The lowest BCUT2D eigenvalue weighted by Gasteiger charge is -2.35. The smallest absolute Gasteiger partial charge is 0.174 e. The van der Waals surface area contributed by atoms with Crippen LogP contribution in [-0.4, -0.2) is 10.0 Å². The Labute approximate surface area is 112 Å². The summed E-state index contributed by atoms with van der Waals surface area (Å²) >= 11 is 0. The first kappa shape index (κ1) is 15.6. The second-order valence-electron chi connectivity index (χ2n) is 6.58. The van der Waals surface area contributed by atoms with Gasteiger partial charge in [-0.15, -0.1) is 0 Å². The second kappa shape index (κ2) is 6.14. The largest absolute Gasteiger partial charge is 0.350 e. The number of benzene rings is 1. The average Bonchev–Trinajstić information content (AvgIpc) is 2.24. The fourth-order valence-corrected chi connectivity index (χ4v) is 3.48. The summed E-state index contributed by atoms with van der Waals surface area (Å²) in [6.45, 7) is 11.2. The lowest BCUT2D eigenvalue weighted by atomic mass is 9.86. The van der Waals surface area contributed by atoms with Gasteiger partial charge in [0.15, 0.2) is 8.38 Å². The molecule has 102 valence electrons. The van der Waals surface area contributed by atoms with Crippen LogP contribution >= 0.6 is 8.38 Å². The van der Waals surface area contributed by atoms with Gasteiger partial charge < -0.3 is 9.42 Å². The van der Waals surface area contributed by atoms with Crippen molar-refractivity contribution in [2.24, 2.45) is 5.41 Å². The van der Waals surface area contributed by atoms with E-state index in [-0.39, 0.29) is 10.6 Å². The first-order chi connectivity index (χ1) is 8.21. The van der Waals surface area contributed by atoms with E-state index in [1.54, 1.807) is 0 Å². The minimum atomic E-state index is -1.41. The Morgan fingerprint density at radius 1 is 1.06 bits per heavy atom. The Kier molecular flexibility index (Phi) is 5.33. The summed E-state index contributed by atoms with van der Waals surface area (Å²) < 4.78 is 5.66. The third kappa shape index (κ3) is 5.48. The zero-order valence-electron chi connectivity index (χ0n) is 12.1. The van der Waals surface area contributed by atoms with E-state index in [9.17, 15) is 4.89 Å². The average molecular weight is 268 g/mol. The van der Waals surface area contributed by atoms with Crippen LogP contribution in [-0.2, 0) is 11.1 Å². The molecule has 3 heteroatoms. The summed E-state index contributed by atoms with van der Waals surface area (Å²) in [5, 5.41) is -0.178. The molecule has 0 aromatic heterocycles. The third-order valence-electron chi connectivity index (χ3n) is 2.68. The van der Waals surface area contributed by atoms with E-state index in [2.05, 4.69) is 34.6 Å². The van der Waals surface area contributed by atoms with Crippen molar-refractivity contribution in [1.29, 1.82) is 0 Å². The molecule has 18 heavy (non-hydrogen) atoms. The van der Waals surface area contributed by atoms with E-state index in [4.69, 9.17) is 4.52 Å². The molecular formula is C15H25O2P. The lowest BCUT2D eigenvalue weighted by molar-refractivity contribution is 0.255. The molecule has 0 fully saturated rings. The Morgan fingerprint density at radius 2 is 1.61 bits per heavy atom. The summed E-state index contributed by atoms with van der Waals surface area (Å²) in [4.78, 5) is 10.2. The molecule has 0 spiro atoms. The van der Waals surface area contributed by atoms with Crippen molar-refractivity contribution in [3.05, 3.63) is 35.9 Å². The van der Waals surface area contributed by atoms with E-state index >= 15 is 0 Å². The first-order valence-corrected chi connectivity index (χ1v) is 7.58. The Hall–Kier alpha value is -0.430. The maximum Gasteiger partial charge on any atom is 0.174 e. The molecule has 1 unspecified atom stereocenters. The Bertz CT molecular complexity index is 355. The molecule has 0 aliphatic heterocycles. The molecule has 0 bridgehead atoms. The van der Waals surface area contributed by atoms with Crippen LogP contribution in [0.4, 0.5) is 0 Å². The predicted octanol–water partition coefficient (Wildman–Crippen LogP) is 4.72. The summed E-state index contributed by atoms with van der Waals surface area (Å²) in [6.07, 6.45) is 0.941. The fourth-order valence-electron chi connectivity index (χ4n) is 2.25. The minimum absolute atomic E-state index is 0.178. The first-order valence-electron chi connectivity index (χ1n) is 6.37. The maximum atomic E-state index is 10.2. The summed E-state index contributed by atoms with van der Waals surface area (Å²) in [5.74, 6) is 0. The second-order valence-corrected chi connectivity index (χ2v) is 8.60. The number of hydrogen-bond acceptors (Lipinski definition) is 2. The van der Waals surface area contributed by atoms with Gasteiger partial charge in [-0.1, -0.05) is 65.0 Å². The monoisotopic (exact) mass is 268 g/mol. The van der Waals surface area contributed by atoms with Crippen molar-refractivity contribution in [2.45, 2.75) is 52.8 Å². The van der Waals surface area contributed by atoms with Gasteiger partial charge in [0.25, 0.3) is 0 Å². The third-order valence-corrected chi connectivity index (χ3v) is 4.24. The van der Waals surface area contributed by atoms with Crippen molar-refractivity contribution in [3.8, 4) is 0 Å². The van der Waals surface area contributed by atoms with Crippen LogP contribution in [0.25, 0.3) is 0 Å². The molecule has 1 rings (SSSR count). The van der Waals surface area contributed by atoms with Crippen LogP contribution in [0.3, 0.4) is 0 Å². The molecule has 0 radical (unpaired) electrons. The molecule has 1 aromatic carbocycles. The van der Waals surface area contributed by atoms with E-state index in [0.29, 0.717) is 6.61 Å². The van der Waals surface area contributed by atoms with Crippen LogP contribution in [0.15, 0.2) is 30.3 Å². The van der Waals surface area contributed by atoms with Gasteiger partial charge in [-0.25, -0.2) is 0 Å². The molecule has 0 heterocycles. The van der Waals surface area contributed by atoms with Gasteiger partial charge in [-0.05, 0) is 17.4 Å². The van der Waals surface area contributed by atoms with Gasteiger partial charge in [0.1, 0.15) is 0 Å². The standard InChI is InChI=1S/C15H25O2P/c1-14(2,3)12-15(4,5)18(16)17-11-13-9-7-6-8-10-13/h6-10,16H,11-12H2,1-5H3. The Morgan fingerprint density at radius 3 is 2.11 bits per heavy atom. The van der Waals surface area contributed by atoms with Gasteiger partial charge in [-0.2, -0.15) is 0 Å². The van der Waals surface area contributed by atoms with Crippen molar-refractivity contribution in [3.63, 3.8) is 0 Å². The van der Waals surface area contributed by atoms with Crippen molar-refractivity contribution in [1.82, 2.24) is 0 Å². The number of rotatable bonds is 5. The molecule has 1 N–H and O–H groups in total. The van der Waals surface area contributed by atoms with Crippen LogP contribution in [0, 0.1) is 5.41 Å². The summed E-state index contributed by atoms with van der Waals surface area (Å²) in [7, 11) is -1.41. The molecule has 2 nitrogen and oxygen atoms in total. The highest BCUT2D eigenvalue weighted by Crippen LogP contribution is 2.52. The van der Waals surface area contributed by atoms with Gasteiger partial charge in [-0.3, -0.25) is 0 Å². The zero-order chi connectivity index (χ0) is 13.8. The van der Waals surface area contributed by atoms with E-state index in [1.807, 2.05) is 30.3 Å². The van der Waals surface area contributed by atoms with Crippen LogP contribution < -0.4 is 0 Å². The molecule has 0 saturated carbocycles. The topological polar surface area (TPSA) is 29.5 Å². The maximum absolute atomic E-state index is 10.2. The Balaban J connectivity index is 2.52. The fraction of sp³-hybridized carbons (Fsp3) is 0.600. The molecule has 1 aromatic rings. The molecular weight excluding hydrogens is 243 g/mol. The van der Waals surface area contributed by atoms with Crippen molar-refractivity contribution >= 4 is 8.38 Å². The predicted molar refractivity (Wildman–Crippen MR) is 78.5 cm³/mol. The molecule has 0 amide bonds. The van der Waals surface area contributed by atoms with E-state index in [1.165, 1.54) is 0 Å². The molecule has 1 atom stereocenters.